The van der Waals surface area contributed by atoms with Crippen LogP contribution in [0.2, 0.25) is 0 Å². The highest BCUT2D eigenvalue weighted by atomic mass is 79.9. The molecule has 0 radical (unpaired) electrons. The highest BCUT2D eigenvalue weighted by Gasteiger charge is 2.25. The van der Waals surface area contributed by atoms with E-state index in [0.717, 1.165) is 0 Å². The van der Waals surface area contributed by atoms with Gasteiger partial charge < -0.3 is 5.32 Å². The fraction of sp³-hybridized carbons (Fsp3) is 0.462. The minimum absolute atomic E-state index is 0.107. The summed E-state index contributed by atoms with van der Waals surface area (Å²) in [6.07, 6.45) is 0. The van der Waals surface area contributed by atoms with Gasteiger partial charge in [0, 0.05) is 10.0 Å². The van der Waals surface area contributed by atoms with E-state index in [9.17, 15) is 13.2 Å². The molecular weight excluding hydrogens is 344 g/mol. The molecule has 20 heavy (non-hydrogen) atoms. The van der Waals surface area contributed by atoms with Crippen LogP contribution in [0.1, 0.15) is 27.7 Å². The quantitative estimate of drug-likeness (QED) is 0.860. The standard InChI is InChI=1S/C13H19BrN2O3S/c1-9(12(17)15-13(2,3)4)16-20(18,19)11-8-6-5-7-10(11)14/h5-9,16H,1-4H3,(H,15,17). The van der Waals surface area contributed by atoms with Gasteiger partial charge in [-0.25, -0.2) is 8.42 Å². The van der Waals surface area contributed by atoms with E-state index in [-0.39, 0.29) is 10.8 Å². The van der Waals surface area contributed by atoms with Gasteiger partial charge in [-0.3, -0.25) is 4.79 Å². The summed E-state index contributed by atoms with van der Waals surface area (Å²) in [4.78, 5) is 12.0. The Morgan fingerprint density at radius 2 is 1.80 bits per heavy atom. The summed E-state index contributed by atoms with van der Waals surface area (Å²) >= 11 is 3.19. The van der Waals surface area contributed by atoms with E-state index in [4.69, 9.17) is 0 Å². The van der Waals surface area contributed by atoms with Gasteiger partial charge in [-0.15, -0.1) is 0 Å². The smallest absolute Gasteiger partial charge is 0.242 e. The molecule has 0 fully saturated rings. The number of sulfonamides is 1. The molecule has 2 N–H and O–H groups in total. The predicted molar refractivity (Wildman–Crippen MR) is 81.8 cm³/mol. The van der Waals surface area contributed by atoms with Gasteiger partial charge in [-0.2, -0.15) is 4.72 Å². The van der Waals surface area contributed by atoms with Crippen LogP contribution >= 0.6 is 15.9 Å². The summed E-state index contributed by atoms with van der Waals surface area (Å²) in [6.45, 7) is 7.01. The van der Waals surface area contributed by atoms with Crippen molar-refractivity contribution in [1.29, 1.82) is 0 Å². The summed E-state index contributed by atoms with van der Waals surface area (Å²) < 4.78 is 27.2. The van der Waals surface area contributed by atoms with Crippen molar-refractivity contribution in [1.82, 2.24) is 10.0 Å². The summed E-state index contributed by atoms with van der Waals surface area (Å²) in [5.41, 5.74) is -0.413. The molecule has 1 aromatic carbocycles. The topological polar surface area (TPSA) is 75.3 Å². The van der Waals surface area contributed by atoms with Crippen molar-refractivity contribution in [3.63, 3.8) is 0 Å². The first-order valence-electron chi connectivity index (χ1n) is 6.12. The number of hydrogen-bond donors (Lipinski definition) is 2. The van der Waals surface area contributed by atoms with Gasteiger partial charge in [0.2, 0.25) is 15.9 Å². The number of amides is 1. The molecule has 0 spiro atoms. The van der Waals surface area contributed by atoms with E-state index in [1.807, 2.05) is 20.8 Å². The highest BCUT2D eigenvalue weighted by molar-refractivity contribution is 9.10. The number of halogens is 1. The van der Waals surface area contributed by atoms with Gasteiger partial charge in [0.05, 0.1) is 10.9 Å². The second kappa shape index (κ2) is 6.24. The summed E-state index contributed by atoms with van der Waals surface area (Å²) in [7, 11) is -3.75. The zero-order chi connectivity index (χ0) is 15.6. The van der Waals surface area contributed by atoms with Crippen LogP contribution < -0.4 is 10.0 Å². The molecule has 0 aromatic heterocycles. The molecule has 0 aliphatic rings. The maximum absolute atomic E-state index is 12.2. The lowest BCUT2D eigenvalue weighted by atomic mass is 10.1. The molecule has 1 aromatic rings. The van der Waals surface area contributed by atoms with Crippen LogP contribution in [-0.2, 0) is 14.8 Å². The van der Waals surface area contributed by atoms with Crippen molar-refractivity contribution in [2.75, 3.05) is 0 Å². The van der Waals surface area contributed by atoms with Crippen LogP contribution in [0.5, 0.6) is 0 Å². The number of hydrogen-bond acceptors (Lipinski definition) is 3. The molecule has 1 unspecified atom stereocenters. The summed E-state index contributed by atoms with van der Waals surface area (Å²) in [5.74, 6) is -0.367. The van der Waals surface area contributed by atoms with Crippen LogP contribution in [0, 0.1) is 0 Å². The van der Waals surface area contributed by atoms with Crippen LogP contribution in [0.25, 0.3) is 0 Å². The molecule has 0 aliphatic carbocycles. The Morgan fingerprint density at radius 1 is 1.25 bits per heavy atom. The minimum atomic E-state index is -3.75. The Morgan fingerprint density at radius 3 is 2.30 bits per heavy atom. The SMILES string of the molecule is CC(NS(=O)(=O)c1ccccc1Br)C(=O)NC(C)(C)C. The first-order valence-corrected chi connectivity index (χ1v) is 8.39. The van der Waals surface area contributed by atoms with Gasteiger partial charge in [0.1, 0.15) is 0 Å². The average Bonchev–Trinajstić information content (AvgIpc) is 2.26. The van der Waals surface area contributed by atoms with Crippen molar-refractivity contribution in [2.24, 2.45) is 0 Å². The van der Waals surface area contributed by atoms with Gasteiger partial charge in [0.25, 0.3) is 0 Å². The maximum atomic E-state index is 12.2. The number of rotatable bonds is 4. The molecule has 0 saturated heterocycles. The molecule has 5 nitrogen and oxygen atoms in total. The number of benzene rings is 1. The lowest BCUT2D eigenvalue weighted by Crippen LogP contribution is -2.50. The lowest BCUT2D eigenvalue weighted by molar-refractivity contribution is -0.123. The van der Waals surface area contributed by atoms with E-state index >= 15 is 0 Å². The molecule has 0 bridgehead atoms. The van der Waals surface area contributed by atoms with E-state index in [1.54, 1.807) is 18.2 Å². The molecule has 7 heteroatoms. The number of carbonyl (C=O) groups is 1. The van der Waals surface area contributed by atoms with Crippen molar-refractivity contribution in [3.05, 3.63) is 28.7 Å². The van der Waals surface area contributed by atoms with Crippen LogP contribution in [-0.4, -0.2) is 25.9 Å². The third kappa shape index (κ3) is 4.88. The van der Waals surface area contributed by atoms with Crippen molar-refractivity contribution >= 4 is 31.9 Å². The molecule has 0 aliphatic heterocycles. The second-order valence-corrected chi connectivity index (χ2v) is 8.05. The van der Waals surface area contributed by atoms with Gasteiger partial charge >= 0.3 is 0 Å². The van der Waals surface area contributed by atoms with E-state index in [0.29, 0.717) is 4.47 Å². The molecular formula is C13H19BrN2O3S. The lowest BCUT2D eigenvalue weighted by Gasteiger charge is -2.23. The molecule has 112 valence electrons. The molecule has 1 rings (SSSR count). The normalized spacial score (nSPS) is 13.8. The summed E-state index contributed by atoms with van der Waals surface area (Å²) in [5, 5.41) is 2.73. The fourth-order valence-corrected chi connectivity index (χ4v) is 3.70. The average molecular weight is 363 g/mol. The Hall–Kier alpha value is -0.920. The maximum Gasteiger partial charge on any atom is 0.242 e. The molecule has 0 heterocycles. The van der Waals surface area contributed by atoms with Gasteiger partial charge in [-0.05, 0) is 55.8 Å². The van der Waals surface area contributed by atoms with Gasteiger partial charge in [-0.1, -0.05) is 12.1 Å². The van der Waals surface area contributed by atoms with E-state index in [1.165, 1.54) is 13.0 Å². The number of carbonyl (C=O) groups excluding carboxylic acids is 1. The number of nitrogens with one attached hydrogen (secondary N) is 2. The van der Waals surface area contributed by atoms with Crippen LogP contribution in [0.15, 0.2) is 33.6 Å². The predicted octanol–water partition coefficient (Wildman–Crippen LogP) is 2.03. The molecule has 1 atom stereocenters. The Kier molecular flexibility index (Phi) is 5.34. The van der Waals surface area contributed by atoms with Crippen molar-refractivity contribution < 1.29 is 13.2 Å². The van der Waals surface area contributed by atoms with Crippen molar-refractivity contribution in [3.8, 4) is 0 Å². The van der Waals surface area contributed by atoms with E-state index < -0.39 is 21.6 Å². The summed E-state index contributed by atoms with van der Waals surface area (Å²) in [6, 6.07) is 5.60. The van der Waals surface area contributed by atoms with E-state index in [2.05, 4.69) is 26.0 Å². The van der Waals surface area contributed by atoms with Crippen molar-refractivity contribution in [2.45, 2.75) is 44.2 Å². The largest absolute Gasteiger partial charge is 0.350 e. The molecule has 1 amide bonds. The zero-order valence-electron chi connectivity index (χ0n) is 11.9. The zero-order valence-corrected chi connectivity index (χ0v) is 14.3. The van der Waals surface area contributed by atoms with Crippen LogP contribution in [0.4, 0.5) is 0 Å². The third-order valence-corrected chi connectivity index (χ3v) is 4.90. The monoisotopic (exact) mass is 362 g/mol. The molecule has 0 saturated carbocycles. The second-order valence-electron chi connectivity index (χ2n) is 5.51. The first kappa shape index (κ1) is 17.1. The Bertz CT molecular complexity index is 594. The minimum Gasteiger partial charge on any atom is -0.350 e. The van der Waals surface area contributed by atoms with Crippen LogP contribution in [0.3, 0.4) is 0 Å². The fourth-order valence-electron chi connectivity index (χ4n) is 1.49. The highest BCUT2D eigenvalue weighted by Crippen LogP contribution is 2.21. The van der Waals surface area contributed by atoms with Gasteiger partial charge in [0.15, 0.2) is 0 Å². The first-order chi connectivity index (χ1) is 9.03. The Balaban J connectivity index is 2.87. The Labute approximate surface area is 128 Å². The third-order valence-electron chi connectivity index (χ3n) is 2.35.